The molecule has 2 unspecified atom stereocenters. The van der Waals surface area contributed by atoms with Crippen molar-refractivity contribution >= 4 is 27.6 Å². The molecular formula is C11H11ClFNO5S. The van der Waals surface area contributed by atoms with Crippen LogP contribution in [-0.4, -0.2) is 38.7 Å². The maximum Gasteiger partial charge on any atom is 0.310 e. The standard InChI is InChI=1S/C11H11ClFNO5S/c12-8-2-1-6(13)3-10(8)20(17,18)14-9-5-19-4-7(9)11(15)16/h1-3,7,9,14H,4-5H2,(H,15,16). The Morgan fingerprint density at radius 3 is 2.80 bits per heavy atom. The van der Waals surface area contributed by atoms with E-state index in [2.05, 4.69) is 4.72 Å². The van der Waals surface area contributed by atoms with Crippen molar-refractivity contribution in [2.75, 3.05) is 13.2 Å². The summed E-state index contributed by atoms with van der Waals surface area (Å²) in [6, 6.07) is 2.00. The molecule has 1 aromatic carbocycles. The first-order valence-electron chi connectivity index (χ1n) is 5.59. The Bertz CT molecular complexity index is 636. The van der Waals surface area contributed by atoms with Crippen molar-refractivity contribution in [3.05, 3.63) is 29.0 Å². The molecule has 0 radical (unpaired) electrons. The molecule has 0 amide bonds. The number of benzene rings is 1. The van der Waals surface area contributed by atoms with Crippen molar-refractivity contribution in [2.24, 2.45) is 5.92 Å². The SMILES string of the molecule is O=C(O)C1COCC1NS(=O)(=O)c1cc(F)ccc1Cl. The summed E-state index contributed by atoms with van der Waals surface area (Å²) in [4.78, 5) is 10.5. The number of sulfonamides is 1. The van der Waals surface area contributed by atoms with E-state index in [4.69, 9.17) is 21.4 Å². The summed E-state index contributed by atoms with van der Waals surface area (Å²) in [5, 5.41) is 8.80. The molecule has 1 saturated heterocycles. The van der Waals surface area contributed by atoms with Crippen LogP contribution in [0.2, 0.25) is 5.02 Å². The first kappa shape index (κ1) is 15.2. The molecule has 20 heavy (non-hydrogen) atoms. The number of carboxylic acid groups (broad SMARTS) is 1. The van der Waals surface area contributed by atoms with Crippen LogP contribution in [0.5, 0.6) is 0 Å². The van der Waals surface area contributed by atoms with Crippen LogP contribution < -0.4 is 4.72 Å². The quantitative estimate of drug-likeness (QED) is 0.857. The van der Waals surface area contributed by atoms with Crippen molar-refractivity contribution in [3.63, 3.8) is 0 Å². The van der Waals surface area contributed by atoms with Gasteiger partial charge in [-0.15, -0.1) is 0 Å². The smallest absolute Gasteiger partial charge is 0.310 e. The predicted molar refractivity (Wildman–Crippen MR) is 67.5 cm³/mol. The average molecular weight is 324 g/mol. The molecule has 0 aromatic heterocycles. The Balaban J connectivity index is 2.27. The van der Waals surface area contributed by atoms with Crippen LogP contribution in [0.1, 0.15) is 0 Å². The second kappa shape index (κ2) is 5.65. The molecule has 1 fully saturated rings. The van der Waals surface area contributed by atoms with E-state index in [9.17, 15) is 17.6 Å². The van der Waals surface area contributed by atoms with E-state index in [1.54, 1.807) is 0 Å². The van der Waals surface area contributed by atoms with Crippen molar-refractivity contribution in [1.82, 2.24) is 4.72 Å². The fourth-order valence-corrected chi connectivity index (χ4v) is 3.63. The summed E-state index contributed by atoms with van der Waals surface area (Å²) in [6.45, 7) is -0.150. The van der Waals surface area contributed by atoms with Crippen molar-refractivity contribution in [2.45, 2.75) is 10.9 Å². The largest absolute Gasteiger partial charge is 0.481 e. The van der Waals surface area contributed by atoms with Crippen LogP contribution in [0.3, 0.4) is 0 Å². The predicted octanol–water partition coefficient (Wildman–Crippen LogP) is 0.857. The fraction of sp³-hybridized carbons (Fsp3) is 0.364. The minimum absolute atomic E-state index is 0.0663. The number of ether oxygens (including phenoxy) is 1. The van der Waals surface area contributed by atoms with Gasteiger partial charge < -0.3 is 9.84 Å². The number of hydrogen-bond donors (Lipinski definition) is 2. The molecule has 1 heterocycles. The second-order valence-electron chi connectivity index (χ2n) is 4.28. The van der Waals surface area contributed by atoms with Crippen LogP contribution in [0.15, 0.2) is 23.1 Å². The van der Waals surface area contributed by atoms with E-state index in [0.717, 1.165) is 18.2 Å². The number of nitrogens with one attached hydrogen (secondary N) is 1. The van der Waals surface area contributed by atoms with Gasteiger partial charge in [0, 0.05) is 0 Å². The summed E-state index contributed by atoms with van der Waals surface area (Å²) >= 11 is 5.73. The number of aliphatic carboxylic acids is 1. The maximum atomic E-state index is 13.1. The Morgan fingerprint density at radius 2 is 2.15 bits per heavy atom. The highest BCUT2D eigenvalue weighted by molar-refractivity contribution is 7.89. The van der Waals surface area contributed by atoms with Gasteiger partial charge in [0.2, 0.25) is 10.0 Å². The topological polar surface area (TPSA) is 92.7 Å². The molecule has 0 saturated carbocycles. The van der Waals surface area contributed by atoms with Crippen LogP contribution in [0, 0.1) is 11.7 Å². The van der Waals surface area contributed by atoms with Gasteiger partial charge >= 0.3 is 5.97 Å². The normalized spacial score (nSPS) is 22.9. The summed E-state index contributed by atoms with van der Waals surface area (Å²) in [7, 11) is -4.13. The van der Waals surface area contributed by atoms with Crippen molar-refractivity contribution in [1.29, 1.82) is 0 Å². The summed E-state index contributed by atoms with van der Waals surface area (Å²) in [6.07, 6.45) is 0. The van der Waals surface area contributed by atoms with Gasteiger partial charge in [-0.3, -0.25) is 4.79 Å². The minimum atomic E-state index is -4.13. The van der Waals surface area contributed by atoms with E-state index < -0.39 is 38.7 Å². The molecule has 0 aliphatic carbocycles. The molecule has 1 aromatic rings. The van der Waals surface area contributed by atoms with E-state index >= 15 is 0 Å². The molecule has 2 atom stereocenters. The Kier molecular flexibility index (Phi) is 4.28. The van der Waals surface area contributed by atoms with E-state index in [1.807, 2.05) is 0 Å². The first-order chi connectivity index (χ1) is 9.31. The van der Waals surface area contributed by atoms with E-state index in [1.165, 1.54) is 0 Å². The maximum absolute atomic E-state index is 13.1. The van der Waals surface area contributed by atoms with E-state index in [0.29, 0.717) is 0 Å². The van der Waals surface area contributed by atoms with Crippen LogP contribution in [0.4, 0.5) is 4.39 Å². The number of carbonyl (C=O) groups is 1. The first-order valence-corrected chi connectivity index (χ1v) is 7.45. The average Bonchev–Trinajstić information content (AvgIpc) is 2.79. The van der Waals surface area contributed by atoms with Crippen molar-refractivity contribution in [3.8, 4) is 0 Å². The third-order valence-corrected chi connectivity index (χ3v) is 4.86. The van der Waals surface area contributed by atoms with Gasteiger partial charge in [-0.05, 0) is 18.2 Å². The van der Waals surface area contributed by atoms with Gasteiger partial charge in [-0.1, -0.05) is 11.6 Å². The molecule has 110 valence electrons. The molecule has 2 rings (SSSR count). The molecular weight excluding hydrogens is 313 g/mol. The highest BCUT2D eigenvalue weighted by Crippen LogP contribution is 2.24. The highest BCUT2D eigenvalue weighted by atomic mass is 35.5. The number of carboxylic acids is 1. The number of halogens is 2. The Morgan fingerprint density at radius 1 is 1.45 bits per heavy atom. The molecule has 0 bridgehead atoms. The summed E-state index contributed by atoms with van der Waals surface area (Å²) in [5.41, 5.74) is 0. The minimum Gasteiger partial charge on any atom is -0.481 e. The molecule has 1 aliphatic rings. The van der Waals surface area contributed by atoms with Crippen LogP contribution in [-0.2, 0) is 19.6 Å². The summed E-state index contributed by atoms with van der Waals surface area (Å²) < 4.78 is 44.5. The van der Waals surface area contributed by atoms with Crippen LogP contribution >= 0.6 is 11.6 Å². The molecule has 0 spiro atoms. The van der Waals surface area contributed by atoms with E-state index in [-0.39, 0.29) is 18.2 Å². The highest BCUT2D eigenvalue weighted by Gasteiger charge is 2.37. The van der Waals surface area contributed by atoms with Crippen molar-refractivity contribution < 1.29 is 27.4 Å². The Hall–Kier alpha value is -1.22. The fourth-order valence-electron chi connectivity index (χ4n) is 1.86. The monoisotopic (exact) mass is 323 g/mol. The van der Waals surface area contributed by atoms with Gasteiger partial charge in [0.05, 0.1) is 30.2 Å². The zero-order valence-corrected chi connectivity index (χ0v) is 11.6. The van der Waals surface area contributed by atoms with Gasteiger partial charge in [-0.25, -0.2) is 17.5 Å². The third kappa shape index (κ3) is 3.09. The lowest BCUT2D eigenvalue weighted by molar-refractivity contribution is -0.142. The number of hydrogen-bond acceptors (Lipinski definition) is 4. The zero-order chi connectivity index (χ0) is 14.9. The molecule has 9 heteroatoms. The molecule has 6 nitrogen and oxygen atoms in total. The lowest BCUT2D eigenvalue weighted by Crippen LogP contribution is -2.42. The zero-order valence-electron chi connectivity index (χ0n) is 10.0. The van der Waals surface area contributed by atoms with Gasteiger partial charge in [0.25, 0.3) is 0 Å². The lowest BCUT2D eigenvalue weighted by atomic mass is 10.1. The molecule has 1 aliphatic heterocycles. The second-order valence-corrected chi connectivity index (χ2v) is 6.37. The lowest BCUT2D eigenvalue weighted by Gasteiger charge is -2.16. The van der Waals surface area contributed by atoms with Gasteiger partial charge in [0.15, 0.2) is 0 Å². The third-order valence-electron chi connectivity index (χ3n) is 2.89. The van der Waals surface area contributed by atoms with Gasteiger partial charge in [-0.2, -0.15) is 0 Å². The molecule has 2 N–H and O–H groups in total. The summed E-state index contributed by atoms with van der Waals surface area (Å²) in [5.74, 6) is -2.91. The van der Waals surface area contributed by atoms with Gasteiger partial charge in [0.1, 0.15) is 10.7 Å². The number of rotatable bonds is 4. The van der Waals surface area contributed by atoms with Crippen LogP contribution in [0.25, 0.3) is 0 Å². The Labute approximate surface area is 119 Å².